The van der Waals surface area contributed by atoms with Crippen molar-refractivity contribution in [2.24, 2.45) is 5.14 Å². The van der Waals surface area contributed by atoms with Gasteiger partial charge in [0.15, 0.2) is 5.13 Å². The van der Waals surface area contributed by atoms with Crippen LogP contribution in [-0.2, 0) is 10.0 Å². The van der Waals surface area contributed by atoms with Gasteiger partial charge < -0.3 is 4.90 Å². The minimum atomic E-state index is -3.38. The van der Waals surface area contributed by atoms with E-state index < -0.39 is 10.0 Å². The van der Waals surface area contributed by atoms with Crippen molar-refractivity contribution < 1.29 is 8.42 Å². The lowest BCUT2D eigenvalue weighted by Crippen LogP contribution is -2.48. The van der Waals surface area contributed by atoms with E-state index in [2.05, 4.69) is 22.8 Å². The number of thiazole rings is 1. The van der Waals surface area contributed by atoms with E-state index in [1.807, 2.05) is 12.1 Å². The largest absolute Gasteiger partial charge is 0.345 e. The summed E-state index contributed by atoms with van der Waals surface area (Å²) in [6.45, 7) is 6.02. The molecule has 0 radical (unpaired) electrons. The molecule has 0 amide bonds. The fourth-order valence-electron chi connectivity index (χ4n) is 2.63. The summed E-state index contributed by atoms with van der Waals surface area (Å²) in [4.78, 5) is 9.13. The number of hydrogen-bond donors (Lipinski definition) is 1. The fraction of sp³-hybridized carbons (Fsp3) is 0.500. The molecule has 6 nitrogen and oxygen atoms in total. The Bertz CT molecular complexity index is 764. The molecule has 1 saturated heterocycles. The van der Waals surface area contributed by atoms with Crippen molar-refractivity contribution in [2.45, 2.75) is 6.92 Å². The van der Waals surface area contributed by atoms with Gasteiger partial charge in [-0.2, -0.15) is 0 Å². The average Bonchev–Trinajstić information content (AvgIpc) is 2.90. The molecule has 1 aliphatic rings. The summed E-state index contributed by atoms with van der Waals surface area (Å²) in [6, 6.07) is 6.19. The maximum absolute atomic E-state index is 11.0. The summed E-state index contributed by atoms with van der Waals surface area (Å²) in [5, 5.41) is 6.11. The second-order valence-corrected chi connectivity index (χ2v) is 8.33. The van der Waals surface area contributed by atoms with Crippen LogP contribution in [0.15, 0.2) is 18.2 Å². The molecule has 0 unspecified atom stereocenters. The van der Waals surface area contributed by atoms with Gasteiger partial charge in [0.1, 0.15) is 0 Å². The third kappa shape index (κ3) is 3.57. The Kier molecular flexibility index (Phi) is 4.35. The van der Waals surface area contributed by atoms with Crippen LogP contribution in [0, 0.1) is 6.92 Å². The zero-order valence-corrected chi connectivity index (χ0v) is 14.2. The van der Waals surface area contributed by atoms with E-state index in [1.165, 1.54) is 10.3 Å². The van der Waals surface area contributed by atoms with Crippen molar-refractivity contribution in [1.29, 1.82) is 0 Å². The number of nitrogens with zero attached hydrogens (tertiary/aromatic N) is 3. The quantitative estimate of drug-likeness (QED) is 0.899. The highest BCUT2D eigenvalue weighted by atomic mass is 32.2. The molecule has 1 fully saturated rings. The summed E-state index contributed by atoms with van der Waals surface area (Å²) in [5.74, 6) is 0.0212. The molecular formula is C14H20N4O2S2. The first-order valence-electron chi connectivity index (χ1n) is 7.26. The second-order valence-electron chi connectivity index (χ2n) is 5.62. The molecule has 120 valence electrons. The molecule has 2 heterocycles. The number of fused-ring (bicyclic) bond motifs is 1. The van der Waals surface area contributed by atoms with E-state index in [0.717, 1.165) is 36.8 Å². The molecule has 22 heavy (non-hydrogen) atoms. The van der Waals surface area contributed by atoms with Crippen molar-refractivity contribution in [3.63, 3.8) is 0 Å². The van der Waals surface area contributed by atoms with Crippen molar-refractivity contribution in [3.8, 4) is 0 Å². The second kappa shape index (κ2) is 6.11. The van der Waals surface area contributed by atoms with E-state index in [9.17, 15) is 8.42 Å². The van der Waals surface area contributed by atoms with Gasteiger partial charge in [-0.05, 0) is 18.6 Å². The predicted molar refractivity (Wildman–Crippen MR) is 91.0 cm³/mol. The molecule has 3 rings (SSSR count). The lowest BCUT2D eigenvalue weighted by molar-refractivity contribution is 0.272. The van der Waals surface area contributed by atoms with Gasteiger partial charge in [0.2, 0.25) is 10.0 Å². The Labute approximate surface area is 134 Å². The van der Waals surface area contributed by atoms with Gasteiger partial charge in [0.05, 0.1) is 16.0 Å². The van der Waals surface area contributed by atoms with Crippen molar-refractivity contribution in [1.82, 2.24) is 9.88 Å². The highest BCUT2D eigenvalue weighted by Gasteiger charge is 2.20. The maximum atomic E-state index is 11.0. The number of anilines is 1. The Morgan fingerprint density at radius 2 is 2.00 bits per heavy atom. The summed E-state index contributed by atoms with van der Waals surface area (Å²) < 4.78 is 23.3. The Hall–Kier alpha value is -1.22. The third-order valence-corrected chi connectivity index (χ3v) is 5.95. The van der Waals surface area contributed by atoms with Crippen LogP contribution in [0.2, 0.25) is 0 Å². The zero-order chi connectivity index (χ0) is 15.7. The number of aryl methyl sites for hydroxylation is 1. The van der Waals surface area contributed by atoms with Crippen LogP contribution in [0.3, 0.4) is 0 Å². The zero-order valence-electron chi connectivity index (χ0n) is 12.5. The van der Waals surface area contributed by atoms with E-state index in [4.69, 9.17) is 10.1 Å². The summed E-state index contributed by atoms with van der Waals surface area (Å²) in [5.41, 5.74) is 2.31. The molecule has 1 aromatic carbocycles. The van der Waals surface area contributed by atoms with Crippen LogP contribution in [0.4, 0.5) is 5.13 Å². The van der Waals surface area contributed by atoms with Gasteiger partial charge in [-0.15, -0.1) is 0 Å². The maximum Gasteiger partial charge on any atom is 0.210 e. The average molecular weight is 340 g/mol. The van der Waals surface area contributed by atoms with Crippen LogP contribution >= 0.6 is 11.3 Å². The van der Waals surface area contributed by atoms with Crippen LogP contribution in [-0.4, -0.2) is 56.8 Å². The number of piperazine rings is 1. The minimum Gasteiger partial charge on any atom is -0.345 e. The number of nitrogens with two attached hydrogens (primary N) is 1. The number of primary sulfonamides is 1. The van der Waals surface area contributed by atoms with Crippen molar-refractivity contribution in [2.75, 3.05) is 43.4 Å². The molecule has 0 bridgehead atoms. The number of aromatic nitrogens is 1. The molecule has 8 heteroatoms. The normalized spacial score (nSPS) is 17.3. The predicted octanol–water partition coefficient (Wildman–Crippen LogP) is 1.02. The highest BCUT2D eigenvalue weighted by molar-refractivity contribution is 7.89. The molecular weight excluding hydrogens is 320 g/mol. The van der Waals surface area contributed by atoms with Gasteiger partial charge >= 0.3 is 0 Å². The highest BCUT2D eigenvalue weighted by Crippen LogP contribution is 2.31. The molecule has 0 aliphatic carbocycles. The van der Waals surface area contributed by atoms with Gasteiger partial charge in [-0.25, -0.2) is 18.5 Å². The molecule has 0 atom stereocenters. The number of rotatable bonds is 4. The number of hydrogen-bond acceptors (Lipinski definition) is 6. The van der Waals surface area contributed by atoms with Gasteiger partial charge in [-0.1, -0.05) is 23.5 Å². The Balaban J connectivity index is 1.64. The Morgan fingerprint density at radius 3 is 2.64 bits per heavy atom. The first-order valence-corrected chi connectivity index (χ1v) is 9.79. The fourth-order valence-corrected chi connectivity index (χ4v) is 4.23. The number of sulfonamides is 1. The summed E-state index contributed by atoms with van der Waals surface area (Å²) >= 11 is 1.73. The molecule has 0 spiro atoms. The Morgan fingerprint density at radius 1 is 1.27 bits per heavy atom. The van der Waals surface area contributed by atoms with Crippen molar-refractivity contribution >= 4 is 36.7 Å². The standard InChI is InChI=1S/C14H20N4O2S2/c1-11-3-2-4-12-13(11)21-14(16-12)18-7-5-17(6-8-18)9-10-22(15,19)20/h2-4H,5-10H2,1H3,(H2,15,19,20). The van der Waals surface area contributed by atoms with Crippen LogP contribution in [0.1, 0.15) is 5.56 Å². The lowest BCUT2D eigenvalue weighted by atomic mass is 10.2. The van der Waals surface area contributed by atoms with E-state index in [1.54, 1.807) is 11.3 Å². The van der Waals surface area contributed by atoms with Gasteiger partial charge in [0, 0.05) is 32.7 Å². The number of benzene rings is 1. The molecule has 2 aromatic rings. The van der Waals surface area contributed by atoms with Crippen molar-refractivity contribution in [3.05, 3.63) is 23.8 Å². The third-order valence-electron chi connectivity index (χ3n) is 3.94. The lowest BCUT2D eigenvalue weighted by Gasteiger charge is -2.34. The smallest absolute Gasteiger partial charge is 0.210 e. The molecule has 0 saturated carbocycles. The van der Waals surface area contributed by atoms with Gasteiger partial charge in [-0.3, -0.25) is 4.90 Å². The molecule has 1 aliphatic heterocycles. The van der Waals surface area contributed by atoms with E-state index in [-0.39, 0.29) is 5.75 Å². The first kappa shape index (κ1) is 15.7. The first-order chi connectivity index (χ1) is 10.4. The molecule has 1 aromatic heterocycles. The van der Waals surface area contributed by atoms with E-state index in [0.29, 0.717) is 6.54 Å². The summed E-state index contributed by atoms with van der Waals surface area (Å²) in [6.07, 6.45) is 0. The van der Waals surface area contributed by atoms with Gasteiger partial charge in [0.25, 0.3) is 0 Å². The monoisotopic (exact) mass is 340 g/mol. The van der Waals surface area contributed by atoms with Crippen LogP contribution < -0.4 is 10.0 Å². The SMILES string of the molecule is Cc1cccc2nc(N3CCN(CCS(N)(=O)=O)CC3)sc12. The minimum absolute atomic E-state index is 0.0212. The van der Waals surface area contributed by atoms with Crippen LogP contribution in [0.5, 0.6) is 0 Å². The summed E-state index contributed by atoms with van der Waals surface area (Å²) in [7, 11) is -3.38. The van der Waals surface area contributed by atoms with Crippen LogP contribution in [0.25, 0.3) is 10.2 Å². The topological polar surface area (TPSA) is 79.5 Å². The molecule has 2 N–H and O–H groups in total. The van der Waals surface area contributed by atoms with E-state index >= 15 is 0 Å².